The van der Waals surface area contributed by atoms with E-state index in [4.69, 9.17) is 0 Å². The molecule has 1 aliphatic heterocycles. The maximum absolute atomic E-state index is 4.43. The van der Waals surface area contributed by atoms with Crippen molar-refractivity contribution < 1.29 is 0 Å². The van der Waals surface area contributed by atoms with Crippen molar-refractivity contribution in [3.8, 4) is 0 Å². The number of anilines is 3. The molecule has 0 amide bonds. The van der Waals surface area contributed by atoms with Gasteiger partial charge in [-0.25, -0.2) is 0 Å². The van der Waals surface area contributed by atoms with Crippen LogP contribution in [0.15, 0.2) is 77.0 Å². The van der Waals surface area contributed by atoms with Crippen molar-refractivity contribution in [2.45, 2.75) is 13.8 Å². The van der Waals surface area contributed by atoms with E-state index in [9.17, 15) is 0 Å². The minimum atomic E-state index is 0.878. The second-order valence-electron chi connectivity index (χ2n) is 5.80. The molecule has 1 aliphatic rings. The fraction of sp³-hybridized carbons (Fsp3) is 0.100. The summed E-state index contributed by atoms with van der Waals surface area (Å²) >= 11 is 0. The Hall–Kier alpha value is -2.94. The van der Waals surface area contributed by atoms with Gasteiger partial charge in [0.25, 0.3) is 0 Å². The molecule has 3 aromatic rings. The summed E-state index contributed by atoms with van der Waals surface area (Å²) in [6.45, 7) is 4.26. The molecule has 0 unspecified atom stereocenters. The molecule has 4 rings (SSSR count). The Morgan fingerprint density at radius 1 is 0.652 bits per heavy atom. The van der Waals surface area contributed by atoms with Crippen molar-refractivity contribution >= 4 is 28.4 Å². The highest BCUT2D eigenvalue weighted by Crippen LogP contribution is 2.47. The predicted molar refractivity (Wildman–Crippen MR) is 94.8 cm³/mol. The lowest BCUT2D eigenvalue weighted by molar-refractivity contribution is 1.24. The first-order chi connectivity index (χ1) is 11.2. The zero-order valence-corrected chi connectivity index (χ0v) is 13.2. The Balaban J connectivity index is 2.03. The molecule has 0 saturated heterocycles. The smallest absolute Gasteiger partial charge is 0.110 e. The Morgan fingerprint density at radius 2 is 1.22 bits per heavy atom. The largest absolute Gasteiger partial charge is 0.306 e. The Labute approximate surface area is 135 Å². The van der Waals surface area contributed by atoms with Gasteiger partial charge in [-0.1, -0.05) is 42.0 Å². The molecule has 0 N–H and O–H groups in total. The summed E-state index contributed by atoms with van der Waals surface area (Å²) in [5, 5.41) is 8.87. The van der Waals surface area contributed by atoms with Crippen LogP contribution in [0.1, 0.15) is 11.1 Å². The lowest BCUT2D eigenvalue weighted by Crippen LogP contribution is -2.11. The number of aryl methyl sites for hydroxylation is 2. The first kappa shape index (κ1) is 13.7. The van der Waals surface area contributed by atoms with E-state index in [1.165, 1.54) is 11.1 Å². The Kier molecular flexibility index (Phi) is 3.19. The first-order valence-corrected chi connectivity index (χ1v) is 7.71. The summed E-state index contributed by atoms with van der Waals surface area (Å²) in [6.07, 6.45) is 0. The molecular formula is C20H17N3. The van der Waals surface area contributed by atoms with Crippen LogP contribution in [0, 0.1) is 13.8 Å². The number of para-hydroxylation sites is 2. The van der Waals surface area contributed by atoms with Gasteiger partial charge in [0.1, 0.15) is 11.4 Å². The molecule has 0 bridgehead atoms. The predicted octanol–water partition coefficient (Wildman–Crippen LogP) is 6.50. The van der Waals surface area contributed by atoms with Gasteiger partial charge in [0.05, 0.1) is 11.4 Å². The quantitative estimate of drug-likeness (QED) is 0.394. The molecule has 3 heteroatoms. The van der Waals surface area contributed by atoms with Gasteiger partial charge in [0, 0.05) is 5.69 Å². The minimum absolute atomic E-state index is 0.878. The monoisotopic (exact) mass is 299 g/mol. The molecule has 1 heterocycles. The standard InChI is InChI=1S/C20H17N3/c1-14-11-12-18(15(2)13-14)23-19-9-5-3-7-16(19)21-22-17-8-4-6-10-20(17)23/h3-13H,1-2H3. The van der Waals surface area contributed by atoms with E-state index in [0.29, 0.717) is 0 Å². The fourth-order valence-corrected chi connectivity index (χ4v) is 3.03. The third kappa shape index (κ3) is 2.30. The van der Waals surface area contributed by atoms with Gasteiger partial charge >= 0.3 is 0 Å². The maximum Gasteiger partial charge on any atom is 0.110 e. The second kappa shape index (κ2) is 5.36. The number of azo groups is 1. The van der Waals surface area contributed by atoms with Gasteiger partial charge in [0.15, 0.2) is 0 Å². The summed E-state index contributed by atoms with van der Waals surface area (Å²) in [5.74, 6) is 0. The van der Waals surface area contributed by atoms with Crippen LogP contribution in [0.2, 0.25) is 0 Å². The summed E-state index contributed by atoms with van der Waals surface area (Å²) < 4.78 is 0. The van der Waals surface area contributed by atoms with Crippen molar-refractivity contribution in [2.24, 2.45) is 10.2 Å². The topological polar surface area (TPSA) is 28.0 Å². The number of nitrogens with zero attached hydrogens (tertiary/aromatic N) is 3. The van der Waals surface area contributed by atoms with E-state index in [-0.39, 0.29) is 0 Å². The van der Waals surface area contributed by atoms with E-state index in [1.807, 2.05) is 36.4 Å². The van der Waals surface area contributed by atoms with E-state index < -0.39 is 0 Å². The highest BCUT2D eigenvalue weighted by atomic mass is 15.2. The van der Waals surface area contributed by atoms with Crippen molar-refractivity contribution in [2.75, 3.05) is 4.90 Å². The third-order valence-electron chi connectivity index (χ3n) is 4.10. The van der Waals surface area contributed by atoms with Crippen molar-refractivity contribution in [1.29, 1.82) is 0 Å². The average molecular weight is 299 g/mol. The number of hydrogen-bond donors (Lipinski definition) is 0. The average Bonchev–Trinajstić information content (AvgIpc) is 2.72. The summed E-state index contributed by atoms with van der Waals surface area (Å²) in [4.78, 5) is 2.25. The minimum Gasteiger partial charge on any atom is -0.306 e. The van der Waals surface area contributed by atoms with Crippen LogP contribution in [0.25, 0.3) is 0 Å². The molecule has 0 spiro atoms. The number of rotatable bonds is 1. The fourth-order valence-electron chi connectivity index (χ4n) is 3.03. The van der Waals surface area contributed by atoms with Crippen LogP contribution in [0.4, 0.5) is 28.4 Å². The molecule has 112 valence electrons. The van der Waals surface area contributed by atoms with Crippen LogP contribution >= 0.6 is 0 Å². The van der Waals surface area contributed by atoms with Crippen LogP contribution in [-0.4, -0.2) is 0 Å². The molecule has 0 aromatic heterocycles. The lowest BCUT2D eigenvalue weighted by Gasteiger charge is -2.27. The molecule has 23 heavy (non-hydrogen) atoms. The molecule has 0 saturated carbocycles. The third-order valence-corrected chi connectivity index (χ3v) is 4.10. The zero-order chi connectivity index (χ0) is 15.8. The van der Waals surface area contributed by atoms with Gasteiger partial charge in [0.2, 0.25) is 0 Å². The van der Waals surface area contributed by atoms with Crippen LogP contribution in [0.5, 0.6) is 0 Å². The molecule has 0 radical (unpaired) electrons. The summed E-state index contributed by atoms with van der Waals surface area (Å²) in [5.41, 5.74) is 7.50. The van der Waals surface area contributed by atoms with Crippen LogP contribution in [0.3, 0.4) is 0 Å². The SMILES string of the molecule is Cc1ccc(N2c3ccccc3N=Nc3ccccc32)c(C)c1. The van der Waals surface area contributed by atoms with E-state index in [2.05, 4.69) is 59.3 Å². The number of benzene rings is 3. The van der Waals surface area contributed by atoms with Crippen LogP contribution < -0.4 is 4.90 Å². The van der Waals surface area contributed by atoms with Crippen LogP contribution in [-0.2, 0) is 0 Å². The van der Waals surface area contributed by atoms with Crippen molar-refractivity contribution in [3.63, 3.8) is 0 Å². The zero-order valence-electron chi connectivity index (χ0n) is 13.2. The number of hydrogen-bond acceptors (Lipinski definition) is 3. The van der Waals surface area contributed by atoms with Crippen molar-refractivity contribution in [3.05, 3.63) is 77.9 Å². The second-order valence-corrected chi connectivity index (χ2v) is 5.80. The highest BCUT2D eigenvalue weighted by Gasteiger charge is 2.22. The Morgan fingerprint density at radius 3 is 1.78 bits per heavy atom. The van der Waals surface area contributed by atoms with E-state index >= 15 is 0 Å². The molecular weight excluding hydrogens is 282 g/mol. The normalized spacial score (nSPS) is 12.5. The summed E-state index contributed by atoms with van der Waals surface area (Å²) in [7, 11) is 0. The summed E-state index contributed by atoms with van der Waals surface area (Å²) in [6, 6.07) is 22.8. The Bertz CT molecular complexity index is 863. The van der Waals surface area contributed by atoms with E-state index in [0.717, 1.165) is 28.4 Å². The van der Waals surface area contributed by atoms with Gasteiger partial charge in [-0.3, -0.25) is 0 Å². The molecule has 3 nitrogen and oxygen atoms in total. The maximum atomic E-state index is 4.43. The van der Waals surface area contributed by atoms with Gasteiger partial charge < -0.3 is 4.90 Å². The van der Waals surface area contributed by atoms with Crippen molar-refractivity contribution in [1.82, 2.24) is 0 Å². The first-order valence-electron chi connectivity index (χ1n) is 7.71. The molecule has 0 fully saturated rings. The van der Waals surface area contributed by atoms with E-state index in [1.54, 1.807) is 0 Å². The lowest BCUT2D eigenvalue weighted by atomic mass is 10.1. The highest BCUT2D eigenvalue weighted by molar-refractivity contribution is 5.89. The molecule has 0 atom stereocenters. The van der Waals surface area contributed by atoms with Gasteiger partial charge in [-0.15, -0.1) is 10.2 Å². The molecule has 0 aliphatic carbocycles. The van der Waals surface area contributed by atoms with Gasteiger partial charge in [-0.2, -0.15) is 0 Å². The van der Waals surface area contributed by atoms with Gasteiger partial charge in [-0.05, 0) is 49.7 Å². The number of fused-ring (bicyclic) bond motifs is 2. The molecule has 3 aromatic carbocycles.